The summed E-state index contributed by atoms with van der Waals surface area (Å²) < 4.78 is 35.9. The van der Waals surface area contributed by atoms with E-state index in [1.54, 1.807) is 0 Å². The summed E-state index contributed by atoms with van der Waals surface area (Å²) in [6, 6.07) is 1.63. The van der Waals surface area contributed by atoms with Crippen LogP contribution in [-0.2, 0) is 26.6 Å². The van der Waals surface area contributed by atoms with Gasteiger partial charge in [-0.15, -0.1) is 0 Å². The first-order valence-corrected chi connectivity index (χ1v) is 15.9. The molecule has 8 nitrogen and oxygen atoms in total. The number of rotatable bonds is 23. The summed E-state index contributed by atoms with van der Waals surface area (Å²) in [6.07, 6.45) is 1.91. The van der Waals surface area contributed by atoms with Crippen LogP contribution in [0, 0.1) is 0 Å². The van der Waals surface area contributed by atoms with Gasteiger partial charge in [0.05, 0.1) is 6.54 Å². The maximum atomic E-state index is 5.98. The van der Waals surface area contributed by atoms with Crippen molar-refractivity contribution in [3.63, 3.8) is 0 Å². The molecule has 0 aliphatic heterocycles. The van der Waals surface area contributed by atoms with Crippen LogP contribution in [0.15, 0.2) is 4.99 Å². The van der Waals surface area contributed by atoms with Gasteiger partial charge >= 0.3 is 17.6 Å². The summed E-state index contributed by atoms with van der Waals surface area (Å²) in [6.45, 7) is 22.7. The van der Waals surface area contributed by atoms with E-state index in [1.807, 2.05) is 41.5 Å². The molecule has 0 heterocycles. The molecule has 186 valence electrons. The van der Waals surface area contributed by atoms with E-state index < -0.39 is 17.6 Å². The first-order chi connectivity index (χ1) is 15.0. The molecule has 0 spiro atoms. The van der Waals surface area contributed by atoms with Gasteiger partial charge in [-0.05, 0) is 74.2 Å². The van der Waals surface area contributed by atoms with E-state index >= 15 is 0 Å². The standard InChI is InChI=1S/C21H48N2O6Si2/c1-8-24-30(25-9-2,26-10-3)20-14-17-23(19-16-22-7)18-15-21-31(27-11-4,28-12-5)29-13-6/h7-21H2,1-6H3. The molecule has 0 amide bonds. The molecule has 31 heavy (non-hydrogen) atoms. The summed E-state index contributed by atoms with van der Waals surface area (Å²) in [5, 5.41) is 0. The molecule has 0 aliphatic carbocycles. The van der Waals surface area contributed by atoms with Crippen molar-refractivity contribution >= 4 is 24.3 Å². The van der Waals surface area contributed by atoms with Crippen LogP contribution in [-0.4, -0.2) is 95.0 Å². The molecule has 0 atom stereocenters. The molecule has 0 aromatic carbocycles. The van der Waals surface area contributed by atoms with Crippen molar-refractivity contribution in [2.24, 2.45) is 4.99 Å². The molecule has 10 heteroatoms. The lowest BCUT2D eigenvalue weighted by Gasteiger charge is -2.31. The Morgan fingerprint density at radius 1 is 0.581 bits per heavy atom. The fourth-order valence-corrected chi connectivity index (χ4v) is 8.78. The Labute approximate surface area is 193 Å². The van der Waals surface area contributed by atoms with Crippen LogP contribution in [0.25, 0.3) is 0 Å². The van der Waals surface area contributed by atoms with E-state index in [4.69, 9.17) is 26.6 Å². The molecule has 0 fully saturated rings. The van der Waals surface area contributed by atoms with Crippen molar-refractivity contribution in [2.45, 2.75) is 66.5 Å². The van der Waals surface area contributed by atoms with Crippen LogP contribution in [0.3, 0.4) is 0 Å². The Bertz CT molecular complexity index is 369. The number of hydrogen-bond acceptors (Lipinski definition) is 8. The maximum Gasteiger partial charge on any atom is 0.500 e. The molecule has 0 aliphatic rings. The highest BCUT2D eigenvalue weighted by Crippen LogP contribution is 2.20. The molecule has 0 bridgehead atoms. The Balaban J connectivity index is 4.88. The van der Waals surface area contributed by atoms with Crippen molar-refractivity contribution in [1.82, 2.24) is 4.90 Å². The summed E-state index contributed by atoms with van der Waals surface area (Å²) in [4.78, 5) is 6.46. The van der Waals surface area contributed by atoms with Gasteiger partial charge in [0.1, 0.15) is 0 Å². The summed E-state index contributed by atoms with van der Waals surface area (Å²) in [7, 11) is -5.21. The van der Waals surface area contributed by atoms with Gasteiger partial charge in [0.15, 0.2) is 0 Å². The summed E-state index contributed by atoms with van der Waals surface area (Å²) in [5.74, 6) is 0. The van der Waals surface area contributed by atoms with Crippen molar-refractivity contribution < 1.29 is 26.6 Å². The Morgan fingerprint density at radius 2 is 0.903 bits per heavy atom. The smallest absolute Gasteiger partial charge is 0.374 e. The van der Waals surface area contributed by atoms with Gasteiger partial charge < -0.3 is 31.5 Å². The average molecular weight is 481 g/mol. The van der Waals surface area contributed by atoms with Gasteiger partial charge in [-0.1, -0.05) is 0 Å². The molecule has 0 saturated heterocycles. The van der Waals surface area contributed by atoms with Crippen LogP contribution < -0.4 is 0 Å². The lowest BCUT2D eigenvalue weighted by molar-refractivity contribution is 0.0693. The second-order valence-corrected chi connectivity index (χ2v) is 12.4. The van der Waals surface area contributed by atoms with E-state index in [2.05, 4.69) is 16.6 Å². The Morgan fingerprint density at radius 3 is 1.16 bits per heavy atom. The predicted molar refractivity (Wildman–Crippen MR) is 131 cm³/mol. The highest BCUT2D eigenvalue weighted by molar-refractivity contribution is 6.61. The van der Waals surface area contributed by atoms with Crippen molar-refractivity contribution in [1.29, 1.82) is 0 Å². The highest BCUT2D eigenvalue weighted by atomic mass is 28.4. The zero-order valence-corrected chi connectivity index (χ0v) is 23.0. The number of hydrogen-bond donors (Lipinski definition) is 0. The third-order valence-corrected chi connectivity index (χ3v) is 11.0. The van der Waals surface area contributed by atoms with Crippen molar-refractivity contribution in [3.05, 3.63) is 0 Å². The number of nitrogens with zero attached hydrogens (tertiary/aromatic N) is 2. The van der Waals surface area contributed by atoms with E-state index in [0.29, 0.717) is 39.6 Å². The minimum absolute atomic E-state index is 0.606. The predicted octanol–water partition coefficient (Wildman–Crippen LogP) is 3.87. The van der Waals surface area contributed by atoms with Crippen LogP contribution in [0.2, 0.25) is 12.1 Å². The van der Waals surface area contributed by atoms with Gasteiger partial charge in [-0.25, -0.2) is 0 Å². The molecule has 0 radical (unpaired) electrons. The third-order valence-electron chi connectivity index (χ3n) is 4.67. The topological polar surface area (TPSA) is 71.0 Å². The molecule has 0 N–H and O–H groups in total. The van der Waals surface area contributed by atoms with Crippen LogP contribution >= 0.6 is 0 Å². The molecule has 0 unspecified atom stereocenters. The molecule has 0 saturated carbocycles. The second kappa shape index (κ2) is 19.3. The first kappa shape index (κ1) is 30.8. The Hall–Kier alpha value is -0.176. The highest BCUT2D eigenvalue weighted by Gasteiger charge is 2.41. The van der Waals surface area contributed by atoms with E-state index in [-0.39, 0.29) is 0 Å². The maximum absolute atomic E-state index is 5.98. The fraction of sp³-hybridized carbons (Fsp3) is 0.952. The fourth-order valence-electron chi connectivity index (χ4n) is 3.59. The van der Waals surface area contributed by atoms with Gasteiger partial charge in [0.2, 0.25) is 0 Å². The Kier molecular flexibility index (Phi) is 19.2. The van der Waals surface area contributed by atoms with Crippen LogP contribution in [0.4, 0.5) is 0 Å². The molecule has 0 aromatic rings. The minimum Gasteiger partial charge on any atom is -0.374 e. The van der Waals surface area contributed by atoms with Gasteiger partial charge in [-0.3, -0.25) is 4.99 Å². The molecule has 0 rings (SSSR count). The summed E-state index contributed by atoms with van der Waals surface area (Å²) in [5.41, 5.74) is 0. The lowest BCUT2D eigenvalue weighted by Crippen LogP contribution is -2.47. The number of aliphatic imine (C=N–C) groups is 1. The summed E-state index contributed by atoms with van der Waals surface area (Å²) >= 11 is 0. The zero-order chi connectivity index (χ0) is 23.4. The van der Waals surface area contributed by atoms with E-state index in [0.717, 1.165) is 51.1 Å². The molecule has 0 aromatic heterocycles. The van der Waals surface area contributed by atoms with Crippen molar-refractivity contribution in [3.8, 4) is 0 Å². The first-order valence-electron chi connectivity index (χ1n) is 12.0. The average Bonchev–Trinajstić information content (AvgIpc) is 2.73. The van der Waals surface area contributed by atoms with E-state index in [1.165, 1.54) is 0 Å². The van der Waals surface area contributed by atoms with Gasteiger partial charge in [0, 0.05) is 58.3 Å². The monoisotopic (exact) mass is 480 g/mol. The van der Waals surface area contributed by atoms with Gasteiger partial charge in [0.25, 0.3) is 0 Å². The lowest BCUT2D eigenvalue weighted by atomic mass is 10.3. The molecular formula is C21H48N2O6Si2. The second-order valence-electron chi connectivity index (χ2n) is 6.96. The largest absolute Gasteiger partial charge is 0.500 e. The zero-order valence-electron chi connectivity index (χ0n) is 21.0. The van der Waals surface area contributed by atoms with Crippen molar-refractivity contribution in [2.75, 3.05) is 65.8 Å². The van der Waals surface area contributed by atoms with Gasteiger partial charge in [-0.2, -0.15) is 0 Å². The van der Waals surface area contributed by atoms with E-state index in [9.17, 15) is 0 Å². The SMILES string of the molecule is C=NCCN(CCC[Si](OCC)(OCC)OCC)CCC[Si](OCC)(OCC)OCC. The molecular weight excluding hydrogens is 432 g/mol. The quantitative estimate of drug-likeness (QED) is 0.162. The normalized spacial score (nSPS) is 12.6. The third kappa shape index (κ3) is 13.2. The van der Waals surface area contributed by atoms with Crippen LogP contribution in [0.1, 0.15) is 54.4 Å². The minimum atomic E-state index is -2.60. The van der Waals surface area contributed by atoms with Crippen LogP contribution in [0.5, 0.6) is 0 Å².